The molecule has 1 aliphatic rings. The Morgan fingerprint density at radius 2 is 1.73 bits per heavy atom. The van der Waals surface area contributed by atoms with E-state index < -0.39 is 0 Å². The molecule has 7 nitrogen and oxygen atoms in total. The summed E-state index contributed by atoms with van der Waals surface area (Å²) in [6.45, 7) is 0. The fraction of sp³-hybridized carbons (Fsp3) is 0.182. The molecule has 2 aromatic heterocycles. The van der Waals surface area contributed by atoms with Crippen molar-refractivity contribution in [3.8, 4) is 22.8 Å². The van der Waals surface area contributed by atoms with E-state index >= 15 is 0 Å². The second-order valence-corrected chi connectivity index (χ2v) is 7.21. The highest BCUT2D eigenvalue weighted by molar-refractivity contribution is 5.99. The molecule has 1 saturated carbocycles. The Labute approximate surface area is 171 Å². The molecule has 1 atom stereocenters. The Hall–Kier alpha value is -3.81. The number of carbonyl (C=O) groups is 1. The third kappa shape index (κ3) is 3.16. The summed E-state index contributed by atoms with van der Waals surface area (Å²) in [7, 11) is 0. The van der Waals surface area contributed by atoms with Crippen molar-refractivity contribution in [2.45, 2.75) is 25.3 Å². The quantitative estimate of drug-likeness (QED) is 0.546. The van der Waals surface area contributed by atoms with Gasteiger partial charge in [-0.1, -0.05) is 0 Å². The number of carbonyl (C=O) groups excluding carboxylic acids is 1. The SMILES string of the molecule is Nc1ncnc2c1c(-c1ccc(Oc3ccc(F)cc3)cc1)nn2C1CCCC1=O. The van der Waals surface area contributed by atoms with Crippen LogP contribution in [-0.2, 0) is 4.79 Å². The van der Waals surface area contributed by atoms with Crippen LogP contribution in [0.4, 0.5) is 10.2 Å². The van der Waals surface area contributed by atoms with Gasteiger partial charge in [0.25, 0.3) is 0 Å². The standard InChI is InChI=1S/C22H18FN5O2/c23-14-6-10-16(11-7-14)30-15-8-4-13(5-9-15)20-19-21(24)25-12-26-22(19)28(27-20)17-2-1-3-18(17)29/h4-12,17H,1-3H2,(H2,24,25,26). The van der Waals surface area contributed by atoms with Gasteiger partial charge in [0.15, 0.2) is 11.4 Å². The lowest BCUT2D eigenvalue weighted by molar-refractivity contribution is -0.120. The van der Waals surface area contributed by atoms with Gasteiger partial charge in [-0.3, -0.25) is 4.79 Å². The number of benzene rings is 2. The minimum atomic E-state index is -0.323. The van der Waals surface area contributed by atoms with E-state index in [9.17, 15) is 9.18 Å². The Bertz CT molecular complexity index is 1240. The van der Waals surface area contributed by atoms with E-state index in [4.69, 9.17) is 15.6 Å². The first-order valence-electron chi connectivity index (χ1n) is 9.65. The molecule has 0 radical (unpaired) electrons. The highest BCUT2D eigenvalue weighted by atomic mass is 19.1. The number of hydrogen-bond acceptors (Lipinski definition) is 6. The van der Waals surface area contributed by atoms with Crippen molar-refractivity contribution in [3.05, 3.63) is 60.7 Å². The first-order chi connectivity index (χ1) is 14.6. The highest BCUT2D eigenvalue weighted by Gasteiger charge is 2.30. The second kappa shape index (κ2) is 7.22. The number of nitrogens with zero attached hydrogens (tertiary/aromatic N) is 4. The molecule has 1 aliphatic carbocycles. The van der Waals surface area contributed by atoms with Crippen LogP contribution in [0.15, 0.2) is 54.9 Å². The number of hydrogen-bond donors (Lipinski definition) is 1. The van der Waals surface area contributed by atoms with Crippen molar-refractivity contribution in [1.29, 1.82) is 0 Å². The van der Waals surface area contributed by atoms with E-state index in [1.807, 2.05) is 12.1 Å². The third-order valence-corrected chi connectivity index (χ3v) is 5.26. The number of Topliss-reactive ketones (excluding diaryl/α,β-unsaturated/α-hetero) is 1. The van der Waals surface area contributed by atoms with Crippen molar-refractivity contribution < 1.29 is 13.9 Å². The number of ketones is 1. The molecule has 2 aromatic carbocycles. The maximum Gasteiger partial charge on any atom is 0.164 e. The maximum atomic E-state index is 13.1. The molecule has 2 N–H and O–H groups in total. The van der Waals surface area contributed by atoms with E-state index in [2.05, 4.69) is 9.97 Å². The number of halogens is 1. The monoisotopic (exact) mass is 403 g/mol. The van der Waals surface area contributed by atoms with Crippen LogP contribution in [0, 0.1) is 5.82 Å². The van der Waals surface area contributed by atoms with E-state index in [0.29, 0.717) is 40.5 Å². The molecule has 2 heterocycles. The number of rotatable bonds is 4. The average molecular weight is 403 g/mol. The van der Waals surface area contributed by atoms with E-state index in [0.717, 1.165) is 18.4 Å². The molecule has 0 spiro atoms. The smallest absolute Gasteiger partial charge is 0.164 e. The van der Waals surface area contributed by atoms with E-state index in [1.165, 1.54) is 18.5 Å². The van der Waals surface area contributed by atoms with Crippen molar-refractivity contribution in [2.24, 2.45) is 0 Å². The summed E-state index contributed by atoms with van der Waals surface area (Å²) in [4.78, 5) is 20.8. The second-order valence-electron chi connectivity index (χ2n) is 7.21. The normalized spacial score (nSPS) is 16.3. The van der Waals surface area contributed by atoms with Crippen LogP contribution in [0.3, 0.4) is 0 Å². The summed E-state index contributed by atoms with van der Waals surface area (Å²) in [5.74, 6) is 1.30. The van der Waals surface area contributed by atoms with Gasteiger partial charge in [-0.2, -0.15) is 5.10 Å². The third-order valence-electron chi connectivity index (χ3n) is 5.26. The van der Waals surface area contributed by atoms with Gasteiger partial charge in [0.05, 0.1) is 5.39 Å². The van der Waals surface area contributed by atoms with Gasteiger partial charge in [-0.05, 0) is 61.4 Å². The molecule has 0 aliphatic heterocycles. The minimum absolute atomic E-state index is 0.158. The first kappa shape index (κ1) is 18.2. The average Bonchev–Trinajstić information content (AvgIpc) is 3.34. The molecule has 8 heteroatoms. The molecule has 5 rings (SSSR count). The molecular weight excluding hydrogens is 385 g/mol. The summed E-state index contributed by atoms with van der Waals surface area (Å²) in [6, 6.07) is 12.8. The van der Waals surface area contributed by atoms with Gasteiger partial charge >= 0.3 is 0 Å². The molecule has 30 heavy (non-hydrogen) atoms. The summed E-state index contributed by atoms with van der Waals surface area (Å²) < 4.78 is 20.5. The molecule has 0 bridgehead atoms. The lowest BCUT2D eigenvalue weighted by Crippen LogP contribution is -2.15. The van der Waals surface area contributed by atoms with Crippen molar-refractivity contribution >= 4 is 22.6 Å². The largest absolute Gasteiger partial charge is 0.457 e. The summed E-state index contributed by atoms with van der Waals surface area (Å²) in [5.41, 5.74) is 8.12. The fourth-order valence-electron chi connectivity index (χ4n) is 3.79. The summed E-state index contributed by atoms with van der Waals surface area (Å²) in [6.07, 6.45) is 3.52. The maximum absolute atomic E-state index is 13.1. The molecule has 0 amide bonds. The molecule has 4 aromatic rings. The van der Waals surface area contributed by atoms with Crippen LogP contribution in [0.5, 0.6) is 11.5 Å². The predicted octanol–water partition coefficient (Wildman–Crippen LogP) is 4.30. The van der Waals surface area contributed by atoms with Crippen LogP contribution in [-0.4, -0.2) is 25.5 Å². The van der Waals surface area contributed by atoms with Crippen molar-refractivity contribution in [3.63, 3.8) is 0 Å². The Balaban J connectivity index is 1.53. The topological polar surface area (TPSA) is 95.9 Å². The lowest BCUT2D eigenvalue weighted by Gasteiger charge is -2.09. The summed E-state index contributed by atoms with van der Waals surface area (Å²) in [5, 5.41) is 5.34. The van der Waals surface area contributed by atoms with Crippen LogP contribution >= 0.6 is 0 Å². The van der Waals surface area contributed by atoms with Crippen molar-refractivity contribution in [2.75, 3.05) is 5.73 Å². The zero-order valence-electron chi connectivity index (χ0n) is 16.0. The Kier molecular flexibility index (Phi) is 4.39. The zero-order valence-corrected chi connectivity index (χ0v) is 16.0. The zero-order chi connectivity index (χ0) is 20.7. The highest BCUT2D eigenvalue weighted by Crippen LogP contribution is 2.36. The number of anilines is 1. The van der Waals surface area contributed by atoms with Gasteiger partial charge < -0.3 is 10.5 Å². The molecule has 0 saturated heterocycles. The number of nitrogens with two attached hydrogens (primary N) is 1. The lowest BCUT2D eigenvalue weighted by atomic mass is 10.1. The number of ether oxygens (including phenoxy) is 1. The molecule has 1 unspecified atom stereocenters. The van der Waals surface area contributed by atoms with E-state index in [1.54, 1.807) is 28.9 Å². The number of aromatic nitrogens is 4. The number of fused-ring (bicyclic) bond motifs is 1. The molecule has 150 valence electrons. The first-order valence-corrected chi connectivity index (χ1v) is 9.65. The van der Waals surface area contributed by atoms with E-state index in [-0.39, 0.29) is 17.6 Å². The van der Waals surface area contributed by atoms with Gasteiger partial charge in [-0.25, -0.2) is 19.0 Å². The Morgan fingerprint density at radius 3 is 2.40 bits per heavy atom. The summed E-state index contributed by atoms with van der Waals surface area (Å²) >= 11 is 0. The molecule has 1 fully saturated rings. The van der Waals surface area contributed by atoms with Gasteiger partial charge in [-0.15, -0.1) is 0 Å². The predicted molar refractivity (Wildman–Crippen MR) is 110 cm³/mol. The van der Waals surface area contributed by atoms with Crippen LogP contribution in [0.1, 0.15) is 25.3 Å². The van der Waals surface area contributed by atoms with Gasteiger partial charge in [0.1, 0.15) is 41.2 Å². The molecular formula is C22H18FN5O2. The van der Waals surface area contributed by atoms with Crippen LogP contribution in [0.25, 0.3) is 22.3 Å². The van der Waals surface area contributed by atoms with Crippen molar-refractivity contribution in [1.82, 2.24) is 19.7 Å². The van der Waals surface area contributed by atoms with Crippen LogP contribution < -0.4 is 10.5 Å². The Morgan fingerprint density at radius 1 is 1.03 bits per heavy atom. The number of nitrogen functional groups attached to an aromatic ring is 1. The minimum Gasteiger partial charge on any atom is -0.457 e. The fourth-order valence-corrected chi connectivity index (χ4v) is 3.79. The van der Waals surface area contributed by atoms with Gasteiger partial charge in [0, 0.05) is 12.0 Å². The van der Waals surface area contributed by atoms with Gasteiger partial charge in [0.2, 0.25) is 0 Å². The van der Waals surface area contributed by atoms with Crippen LogP contribution in [0.2, 0.25) is 0 Å².